The lowest BCUT2D eigenvalue weighted by Crippen LogP contribution is -1.96. The van der Waals surface area contributed by atoms with E-state index >= 15 is 0 Å². The largest absolute Gasteiger partial charge is 0.296 e. The fraction of sp³-hybridized carbons (Fsp3) is 0.125. The molecule has 20 heavy (non-hydrogen) atoms. The van der Waals surface area contributed by atoms with Gasteiger partial charge in [-0.15, -0.1) is 0 Å². The fourth-order valence-electron chi connectivity index (χ4n) is 2.25. The van der Waals surface area contributed by atoms with Gasteiger partial charge in [0.2, 0.25) is 0 Å². The van der Waals surface area contributed by atoms with E-state index < -0.39 is 0 Å². The molecule has 0 aliphatic carbocycles. The van der Waals surface area contributed by atoms with Gasteiger partial charge in [0.15, 0.2) is 11.9 Å². The van der Waals surface area contributed by atoms with Crippen molar-refractivity contribution in [2.75, 3.05) is 0 Å². The molecule has 0 spiro atoms. The Morgan fingerprint density at radius 1 is 1.25 bits per heavy atom. The molecule has 0 saturated heterocycles. The van der Waals surface area contributed by atoms with Gasteiger partial charge in [-0.2, -0.15) is 0 Å². The first kappa shape index (κ1) is 12.9. The van der Waals surface area contributed by atoms with Gasteiger partial charge in [-0.3, -0.25) is 9.20 Å². The van der Waals surface area contributed by atoms with Gasteiger partial charge in [-0.25, -0.2) is 4.98 Å². The van der Waals surface area contributed by atoms with Gasteiger partial charge in [0.05, 0.1) is 10.7 Å². The topological polar surface area (TPSA) is 34.4 Å². The summed E-state index contributed by atoms with van der Waals surface area (Å²) in [5.74, 6) is 0. The molecule has 0 aliphatic rings. The summed E-state index contributed by atoms with van der Waals surface area (Å²) in [5, 5.41) is 0.547. The van der Waals surface area contributed by atoms with Crippen LogP contribution in [0.2, 0.25) is 5.02 Å². The molecular formula is C16H13ClN2O. The lowest BCUT2D eigenvalue weighted by molar-refractivity contribution is 0.111. The van der Waals surface area contributed by atoms with Crippen LogP contribution in [0.25, 0.3) is 5.65 Å². The fourth-order valence-corrected chi connectivity index (χ4v) is 2.46. The molecule has 0 aliphatic heterocycles. The summed E-state index contributed by atoms with van der Waals surface area (Å²) in [4.78, 5) is 15.9. The summed E-state index contributed by atoms with van der Waals surface area (Å²) in [6.07, 6.45) is 3.25. The average molecular weight is 285 g/mol. The van der Waals surface area contributed by atoms with Crippen molar-refractivity contribution in [3.05, 3.63) is 70.1 Å². The Kier molecular flexibility index (Phi) is 3.28. The molecule has 3 aromatic rings. The molecule has 100 valence electrons. The Balaban J connectivity index is 2.09. The number of nitrogens with zero attached hydrogens (tertiary/aromatic N) is 2. The zero-order valence-corrected chi connectivity index (χ0v) is 11.8. The number of fused-ring (bicyclic) bond motifs is 1. The van der Waals surface area contributed by atoms with Crippen LogP contribution in [-0.4, -0.2) is 15.7 Å². The predicted molar refractivity (Wildman–Crippen MR) is 79.6 cm³/mol. The number of benzene rings is 1. The van der Waals surface area contributed by atoms with Crippen molar-refractivity contribution >= 4 is 23.5 Å². The highest BCUT2D eigenvalue weighted by Gasteiger charge is 2.13. The Hall–Kier alpha value is -2.13. The number of pyridine rings is 1. The maximum atomic E-state index is 11.4. The second kappa shape index (κ2) is 5.10. The van der Waals surface area contributed by atoms with E-state index in [9.17, 15) is 4.79 Å². The molecule has 0 bridgehead atoms. The van der Waals surface area contributed by atoms with Crippen molar-refractivity contribution in [1.82, 2.24) is 9.38 Å². The van der Waals surface area contributed by atoms with Crippen molar-refractivity contribution in [3.63, 3.8) is 0 Å². The van der Waals surface area contributed by atoms with Crippen LogP contribution in [0.4, 0.5) is 0 Å². The highest BCUT2D eigenvalue weighted by Crippen LogP contribution is 2.21. The number of imidazole rings is 1. The summed E-state index contributed by atoms with van der Waals surface area (Å²) in [6, 6.07) is 11.8. The number of halogens is 1. The van der Waals surface area contributed by atoms with Crippen LogP contribution < -0.4 is 0 Å². The predicted octanol–water partition coefficient (Wildman–Crippen LogP) is 3.70. The van der Waals surface area contributed by atoms with E-state index in [-0.39, 0.29) is 0 Å². The summed E-state index contributed by atoms with van der Waals surface area (Å²) >= 11 is 6.12. The minimum absolute atomic E-state index is 0.547. The van der Waals surface area contributed by atoms with E-state index in [2.05, 4.69) is 29.2 Å². The molecule has 0 saturated carbocycles. The monoisotopic (exact) mass is 284 g/mol. The number of aryl methyl sites for hydroxylation is 1. The van der Waals surface area contributed by atoms with E-state index in [1.165, 1.54) is 5.56 Å². The van der Waals surface area contributed by atoms with Crippen LogP contribution in [0.1, 0.15) is 27.3 Å². The SMILES string of the molecule is Cc1ccc(Cc2nc3c(Cl)cccn3c2C=O)cc1. The number of carbonyl (C=O) groups is 1. The van der Waals surface area contributed by atoms with Gasteiger partial charge >= 0.3 is 0 Å². The first-order valence-corrected chi connectivity index (χ1v) is 6.73. The molecule has 0 radical (unpaired) electrons. The standard InChI is InChI=1S/C16H13ClN2O/c1-11-4-6-12(7-5-11)9-14-15(10-20)19-8-2-3-13(17)16(19)18-14/h2-8,10H,9H2,1H3. The second-order valence-electron chi connectivity index (χ2n) is 4.77. The molecule has 0 atom stereocenters. The molecule has 0 N–H and O–H groups in total. The number of hydrogen-bond acceptors (Lipinski definition) is 2. The highest BCUT2D eigenvalue weighted by molar-refractivity contribution is 6.33. The molecule has 3 rings (SSSR count). The molecule has 4 heteroatoms. The van der Waals surface area contributed by atoms with Crippen molar-refractivity contribution in [3.8, 4) is 0 Å². The summed E-state index contributed by atoms with van der Waals surface area (Å²) in [5.41, 5.74) is 4.26. The summed E-state index contributed by atoms with van der Waals surface area (Å²) < 4.78 is 1.73. The van der Waals surface area contributed by atoms with Gasteiger partial charge in [-0.1, -0.05) is 41.4 Å². The molecule has 3 nitrogen and oxygen atoms in total. The number of aldehydes is 1. The Bertz CT molecular complexity index is 775. The smallest absolute Gasteiger partial charge is 0.168 e. The van der Waals surface area contributed by atoms with Gasteiger partial charge in [0, 0.05) is 12.6 Å². The van der Waals surface area contributed by atoms with Crippen LogP contribution in [0.15, 0.2) is 42.6 Å². The van der Waals surface area contributed by atoms with Crippen LogP contribution in [-0.2, 0) is 6.42 Å². The third-order valence-electron chi connectivity index (χ3n) is 3.32. The van der Waals surface area contributed by atoms with Crippen molar-refractivity contribution < 1.29 is 4.79 Å². The van der Waals surface area contributed by atoms with Crippen LogP contribution in [0, 0.1) is 6.92 Å². The average Bonchev–Trinajstić information content (AvgIpc) is 2.80. The van der Waals surface area contributed by atoms with Gasteiger partial charge in [0.25, 0.3) is 0 Å². The van der Waals surface area contributed by atoms with Gasteiger partial charge in [-0.05, 0) is 24.6 Å². The van der Waals surface area contributed by atoms with E-state index in [1.807, 2.05) is 6.92 Å². The van der Waals surface area contributed by atoms with Crippen molar-refractivity contribution in [1.29, 1.82) is 0 Å². The number of rotatable bonds is 3. The first-order chi connectivity index (χ1) is 9.69. The molecule has 0 fully saturated rings. The molecule has 2 aromatic heterocycles. The second-order valence-corrected chi connectivity index (χ2v) is 5.18. The zero-order chi connectivity index (χ0) is 14.1. The summed E-state index contributed by atoms with van der Waals surface area (Å²) in [7, 11) is 0. The zero-order valence-electron chi connectivity index (χ0n) is 11.0. The normalized spacial score (nSPS) is 10.9. The Labute approximate surface area is 121 Å². The lowest BCUT2D eigenvalue weighted by atomic mass is 10.1. The van der Waals surface area contributed by atoms with Crippen LogP contribution >= 0.6 is 11.6 Å². The molecule has 2 heterocycles. The summed E-state index contributed by atoms with van der Waals surface area (Å²) in [6.45, 7) is 2.05. The molecule has 0 amide bonds. The number of hydrogen-bond donors (Lipinski definition) is 0. The maximum absolute atomic E-state index is 11.4. The Morgan fingerprint density at radius 3 is 2.70 bits per heavy atom. The minimum atomic E-state index is 0.547. The quantitative estimate of drug-likeness (QED) is 0.687. The molecular weight excluding hydrogens is 272 g/mol. The number of aromatic nitrogens is 2. The van der Waals surface area contributed by atoms with Crippen molar-refractivity contribution in [2.45, 2.75) is 13.3 Å². The first-order valence-electron chi connectivity index (χ1n) is 6.35. The van der Waals surface area contributed by atoms with E-state index in [1.54, 1.807) is 22.7 Å². The molecule has 1 aromatic carbocycles. The highest BCUT2D eigenvalue weighted by atomic mass is 35.5. The Morgan fingerprint density at radius 2 is 2.00 bits per heavy atom. The third-order valence-corrected chi connectivity index (χ3v) is 3.61. The van der Waals surface area contributed by atoms with Crippen LogP contribution in [0.5, 0.6) is 0 Å². The van der Waals surface area contributed by atoms with Crippen LogP contribution in [0.3, 0.4) is 0 Å². The lowest BCUT2D eigenvalue weighted by Gasteiger charge is -2.00. The van der Waals surface area contributed by atoms with Gasteiger partial charge < -0.3 is 0 Å². The third kappa shape index (κ3) is 2.21. The van der Waals surface area contributed by atoms with E-state index in [0.717, 1.165) is 17.5 Å². The van der Waals surface area contributed by atoms with Crippen molar-refractivity contribution in [2.24, 2.45) is 0 Å². The minimum Gasteiger partial charge on any atom is -0.296 e. The van der Waals surface area contributed by atoms with E-state index in [0.29, 0.717) is 22.8 Å². The van der Waals surface area contributed by atoms with Gasteiger partial charge in [0.1, 0.15) is 5.69 Å². The van der Waals surface area contributed by atoms with E-state index in [4.69, 9.17) is 11.6 Å². The maximum Gasteiger partial charge on any atom is 0.168 e. The number of carbonyl (C=O) groups excluding carboxylic acids is 1. The molecule has 0 unspecified atom stereocenters.